The summed E-state index contributed by atoms with van der Waals surface area (Å²) < 4.78 is 4.27. The fourth-order valence-electron chi connectivity index (χ4n) is 1.27. The normalized spacial score (nSPS) is 12.1. The van der Waals surface area contributed by atoms with Crippen molar-refractivity contribution >= 4 is 17.7 Å². The number of likely N-dealkylation sites (N-methyl/N-ethyl adjacent to an activating group) is 1. The van der Waals surface area contributed by atoms with Crippen LogP contribution in [0, 0.1) is 0 Å². The Hall–Kier alpha value is -2.12. The van der Waals surface area contributed by atoms with E-state index in [0.717, 1.165) is 4.90 Å². The Morgan fingerprint density at radius 3 is 2.56 bits per heavy atom. The summed E-state index contributed by atoms with van der Waals surface area (Å²) in [7, 11) is 1.36. The SMILES string of the molecule is CCC(C(=O)O)N(C)C(=O)c1nonc1N. The molecule has 1 unspecified atom stereocenters. The zero-order chi connectivity index (χ0) is 12.3. The molecule has 0 saturated carbocycles. The summed E-state index contributed by atoms with van der Waals surface area (Å²) in [5.74, 6) is -1.88. The molecule has 1 heterocycles. The van der Waals surface area contributed by atoms with Crippen LogP contribution in [0.5, 0.6) is 0 Å². The molecule has 3 N–H and O–H groups in total. The molecule has 1 aromatic rings. The van der Waals surface area contributed by atoms with Crippen molar-refractivity contribution in [2.75, 3.05) is 12.8 Å². The number of nitrogen functional groups attached to an aromatic ring is 1. The van der Waals surface area contributed by atoms with Gasteiger partial charge in [-0.1, -0.05) is 6.92 Å². The van der Waals surface area contributed by atoms with Crippen LogP contribution in [0.25, 0.3) is 0 Å². The van der Waals surface area contributed by atoms with E-state index in [1.165, 1.54) is 7.05 Å². The summed E-state index contributed by atoms with van der Waals surface area (Å²) in [6, 6.07) is -0.927. The number of aliphatic carboxylic acids is 1. The molecular formula is C8H12N4O4. The molecule has 0 bridgehead atoms. The molecular weight excluding hydrogens is 216 g/mol. The quantitative estimate of drug-likeness (QED) is 0.717. The Labute approximate surface area is 91.0 Å². The average Bonchev–Trinajstić information content (AvgIpc) is 2.63. The fourth-order valence-corrected chi connectivity index (χ4v) is 1.27. The van der Waals surface area contributed by atoms with E-state index in [1.54, 1.807) is 6.92 Å². The third kappa shape index (κ3) is 2.10. The van der Waals surface area contributed by atoms with Gasteiger partial charge >= 0.3 is 5.97 Å². The molecule has 1 rings (SSSR count). The molecule has 1 aromatic heterocycles. The van der Waals surface area contributed by atoms with E-state index in [2.05, 4.69) is 14.9 Å². The van der Waals surface area contributed by atoms with Gasteiger partial charge in [-0.15, -0.1) is 0 Å². The highest BCUT2D eigenvalue weighted by Gasteiger charge is 2.28. The highest BCUT2D eigenvalue weighted by Crippen LogP contribution is 2.11. The van der Waals surface area contributed by atoms with Gasteiger partial charge in [0, 0.05) is 7.05 Å². The van der Waals surface area contributed by atoms with Gasteiger partial charge in [0.15, 0.2) is 0 Å². The molecule has 0 saturated heterocycles. The number of nitrogens with two attached hydrogens (primary N) is 1. The first kappa shape index (κ1) is 12.0. The van der Waals surface area contributed by atoms with E-state index in [0.29, 0.717) is 0 Å². The van der Waals surface area contributed by atoms with Gasteiger partial charge in [-0.25, -0.2) is 9.42 Å². The molecule has 1 atom stereocenters. The molecule has 0 aliphatic heterocycles. The Balaban J connectivity index is 2.90. The Morgan fingerprint density at radius 1 is 1.56 bits per heavy atom. The number of carbonyl (C=O) groups excluding carboxylic acids is 1. The van der Waals surface area contributed by atoms with Crippen LogP contribution in [0.4, 0.5) is 5.82 Å². The number of nitrogens with zero attached hydrogens (tertiary/aromatic N) is 3. The van der Waals surface area contributed by atoms with Gasteiger partial charge in [-0.3, -0.25) is 4.79 Å². The van der Waals surface area contributed by atoms with Crippen LogP contribution in [0.15, 0.2) is 4.63 Å². The summed E-state index contributed by atoms with van der Waals surface area (Å²) >= 11 is 0. The van der Waals surface area contributed by atoms with Crippen LogP contribution in [-0.4, -0.2) is 45.3 Å². The number of rotatable bonds is 4. The van der Waals surface area contributed by atoms with Gasteiger partial charge in [0.25, 0.3) is 5.91 Å². The van der Waals surface area contributed by atoms with Crippen molar-refractivity contribution in [3.05, 3.63) is 5.69 Å². The number of carbonyl (C=O) groups is 2. The zero-order valence-corrected chi connectivity index (χ0v) is 8.88. The second-order valence-corrected chi connectivity index (χ2v) is 3.18. The highest BCUT2D eigenvalue weighted by atomic mass is 16.6. The zero-order valence-electron chi connectivity index (χ0n) is 8.88. The second-order valence-electron chi connectivity index (χ2n) is 3.18. The van der Waals surface area contributed by atoms with Gasteiger partial charge in [-0.05, 0) is 16.7 Å². The lowest BCUT2D eigenvalue weighted by atomic mass is 10.2. The first-order valence-corrected chi connectivity index (χ1v) is 4.57. The third-order valence-corrected chi connectivity index (χ3v) is 2.18. The van der Waals surface area contributed by atoms with Crippen molar-refractivity contribution in [2.45, 2.75) is 19.4 Å². The molecule has 0 aliphatic rings. The van der Waals surface area contributed by atoms with Gasteiger partial charge in [-0.2, -0.15) is 0 Å². The molecule has 0 spiro atoms. The van der Waals surface area contributed by atoms with E-state index < -0.39 is 17.9 Å². The van der Waals surface area contributed by atoms with Crippen molar-refractivity contribution in [3.63, 3.8) is 0 Å². The van der Waals surface area contributed by atoms with Crippen LogP contribution < -0.4 is 5.73 Å². The molecule has 16 heavy (non-hydrogen) atoms. The first-order chi connectivity index (χ1) is 7.49. The number of hydrogen-bond donors (Lipinski definition) is 2. The molecule has 0 radical (unpaired) electrons. The maximum Gasteiger partial charge on any atom is 0.326 e. The van der Waals surface area contributed by atoms with E-state index in [4.69, 9.17) is 10.8 Å². The van der Waals surface area contributed by atoms with E-state index >= 15 is 0 Å². The number of carboxylic acid groups (broad SMARTS) is 1. The van der Waals surface area contributed by atoms with Gasteiger partial charge in [0.2, 0.25) is 11.5 Å². The molecule has 0 aromatic carbocycles. The minimum Gasteiger partial charge on any atom is -0.480 e. The number of aromatic nitrogens is 2. The van der Waals surface area contributed by atoms with Gasteiger partial charge in [0.05, 0.1) is 0 Å². The summed E-state index contributed by atoms with van der Waals surface area (Å²) in [4.78, 5) is 23.6. The van der Waals surface area contributed by atoms with Crippen molar-refractivity contribution in [1.82, 2.24) is 15.2 Å². The molecule has 8 nitrogen and oxygen atoms in total. The van der Waals surface area contributed by atoms with Gasteiger partial charge < -0.3 is 15.7 Å². The monoisotopic (exact) mass is 228 g/mol. The van der Waals surface area contributed by atoms with Crippen molar-refractivity contribution < 1.29 is 19.3 Å². The molecule has 8 heteroatoms. The van der Waals surface area contributed by atoms with E-state index in [9.17, 15) is 9.59 Å². The van der Waals surface area contributed by atoms with Gasteiger partial charge in [0.1, 0.15) is 6.04 Å². The lowest BCUT2D eigenvalue weighted by molar-refractivity contribution is -0.142. The topological polar surface area (TPSA) is 123 Å². The number of carboxylic acids is 1. The van der Waals surface area contributed by atoms with Crippen LogP contribution in [0.1, 0.15) is 23.8 Å². The van der Waals surface area contributed by atoms with Crippen LogP contribution >= 0.6 is 0 Å². The predicted molar refractivity (Wildman–Crippen MR) is 52.5 cm³/mol. The summed E-state index contributed by atoms with van der Waals surface area (Å²) in [6.45, 7) is 1.66. The largest absolute Gasteiger partial charge is 0.480 e. The van der Waals surface area contributed by atoms with Crippen molar-refractivity contribution in [1.29, 1.82) is 0 Å². The highest BCUT2D eigenvalue weighted by molar-refractivity contribution is 5.97. The third-order valence-electron chi connectivity index (χ3n) is 2.18. The number of anilines is 1. The molecule has 1 amide bonds. The average molecular weight is 228 g/mol. The Bertz CT molecular complexity index is 402. The summed E-state index contributed by atoms with van der Waals surface area (Å²) in [6.07, 6.45) is 0.281. The molecule has 88 valence electrons. The summed E-state index contributed by atoms with van der Waals surface area (Å²) in [5.41, 5.74) is 5.16. The number of amides is 1. The Morgan fingerprint density at radius 2 is 2.19 bits per heavy atom. The van der Waals surface area contributed by atoms with Crippen molar-refractivity contribution in [3.8, 4) is 0 Å². The Kier molecular flexibility index (Phi) is 3.44. The van der Waals surface area contributed by atoms with Crippen LogP contribution in [0.3, 0.4) is 0 Å². The van der Waals surface area contributed by atoms with Crippen molar-refractivity contribution in [2.24, 2.45) is 0 Å². The first-order valence-electron chi connectivity index (χ1n) is 4.57. The van der Waals surface area contributed by atoms with E-state index in [-0.39, 0.29) is 17.9 Å². The maximum absolute atomic E-state index is 11.8. The predicted octanol–water partition coefficient (Wildman–Crippen LogP) is -0.413. The summed E-state index contributed by atoms with van der Waals surface area (Å²) in [5, 5.41) is 15.4. The standard InChI is InChI=1S/C8H12N4O4/c1-3-4(8(14)15)12(2)7(13)5-6(9)11-16-10-5/h4H,3H2,1-2H3,(H2,9,11)(H,14,15). The molecule has 0 aliphatic carbocycles. The van der Waals surface area contributed by atoms with E-state index in [1.807, 2.05) is 0 Å². The maximum atomic E-state index is 11.8. The lowest BCUT2D eigenvalue weighted by Gasteiger charge is -2.22. The molecule has 0 fully saturated rings. The second kappa shape index (κ2) is 4.60. The minimum absolute atomic E-state index is 0.155. The smallest absolute Gasteiger partial charge is 0.326 e. The lowest BCUT2D eigenvalue weighted by Crippen LogP contribution is -2.42. The minimum atomic E-state index is -1.09. The number of hydrogen-bond acceptors (Lipinski definition) is 6. The van der Waals surface area contributed by atoms with Crippen LogP contribution in [0.2, 0.25) is 0 Å². The van der Waals surface area contributed by atoms with Crippen LogP contribution in [-0.2, 0) is 4.79 Å². The fraction of sp³-hybridized carbons (Fsp3) is 0.500.